The van der Waals surface area contributed by atoms with Gasteiger partial charge in [0.15, 0.2) is 12.2 Å². The Labute approximate surface area is 568 Å². The van der Waals surface area contributed by atoms with E-state index in [4.69, 9.17) is 37.0 Å². The number of phosphoric acid groups is 2. The number of aliphatic hydroxyl groups is 1. The maximum Gasteiger partial charge on any atom is 0.472 e. The molecule has 0 aliphatic rings. The van der Waals surface area contributed by atoms with E-state index in [9.17, 15) is 43.2 Å². The van der Waals surface area contributed by atoms with E-state index in [1.54, 1.807) is 0 Å². The lowest BCUT2D eigenvalue weighted by Crippen LogP contribution is -2.30. The number of carbonyl (C=O) groups excluding carboxylic acids is 4. The zero-order valence-electron chi connectivity index (χ0n) is 60.9. The van der Waals surface area contributed by atoms with Gasteiger partial charge >= 0.3 is 39.5 Å². The fourth-order valence-corrected chi connectivity index (χ4v) is 12.7. The largest absolute Gasteiger partial charge is 0.472 e. The van der Waals surface area contributed by atoms with E-state index in [-0.39, 0.29) is 25.7 Å². The summed E-state index contributed by atoms with van der Waals surface area (Å²) >= 11 is 0. The quantitative estimate of drug-likeness (QED) is 0.0222. The lowest BCUT2D eigenvalue weighted by atomic mass is 9.99. The molecule has 93 heavy (non-hydrogen) atoms. The van der Waals surface area contributed by atoms with Crippen LogP contribution in [-0.4, -0.2) is 96.7 Å². The van der Waals surface area contributed by atoms with Gasteiger partial charge in [-0.25, -0.2) is 9.13 Å². The SMILES string of the molecule is CCC(C)CCCCCCCCCCC(=O)O[C@H](COC(=O)CCCCCCCCC(C)C)COP(=O)(O)OC[C@H](O)COP(=O)(O)OC[C@@H](COC(=O)CCCCCCCCCCCCCCC(C)C)OC(=O)CCCCCCCCCCCCCCCCC(C)C. The summed E-state index contributed by atoms with van der Waals surface area (Å²) in [6.07, 6.45) is 47.3. The maximum atomic E-state index is 13.1. The zero-order valence-corrected chi connectivity index (χ0v) is 62.7. The normalized spacial score (nSPS) is 14.5. The molecule has 0 bridgehead atoms. The minimum absolute atomic E-state index is 0.104. The van der Waals surface area contributed by atoms with Gasteiger partial charge < -0.3 is 33.8 Å². The molecule has 0 aromatic carbocycles. The number of phosphoric ester groups is 2. The number of hydrogen-bond acceptors (Lipinski definition) is 15. The second-order valence-electron chi connectivity index (χ2n) is 28.4. The molecule has 0 saturated heterocycles. The van der Waals surface area contributed by atoms with Crippen molar-refractivity contribution in [3.05, 3.63) is 0 Å². The van der Waals surface area contributed by atoms with E-state index in [0.717, 1.165) is 114 Å². The second-order valence-corrected chi connectivity index (χ2v) is 31.3. The van der Waals surface area contributed by atoms with Crippen LogP contribution in [0.2, 0.25) is 0 Å². The average Bonchev–Trinajstić information content (AvgIpc) is 3.66. The molecule has 0 aromatic rings. The van der Waals surface area contributed by atoms with Crippen molar-refractivity contribution >= 4 is 39.5 Å². The number of hydrogen-bond donors (Lipinski definition) is 3. The Balaban J connectivity index is 5.25. The Morgan fingerprint density at radius 1 is 0.301 bits per heavy atom. The predicted octanol–water partition coefficient (Wildman–Crippen LogP) is 21.3. The number of rotatable bonds is 71. The average molecular weight is 1370 g/mol. The zero-order chi connectivity index (χ0) is 68.9. The fraction of sp³-hybridized carbons (Fsp3) is 0.946. The summed E-state index contributed by atoms with van der Waals surface area (Å²) in [6, 6.07) is 0. The van der Waals surface area contributed by atoms with E-state index < -0.39 is 97.5 Å². The highest BCUT2D eigenvalue weighted by atomic mass is 31.2. The molecule has 552 valence electrons. The third kappa shape index (κ3) is 67.0. The third-order valence-electron chi connectivity index (χ3n) is 17.4. The lowest BCUT2D eigenvalue weighted by Gasteiger charge is -2.21. The molecule has 0 fully saturated rings. The van der Waals surface area contributed by atoms with Crippen molar-refractivity contribution in [2.45, 2.75) is 388 Å². The van der Waals surface area contributed by atoms with Crippen LogP contribution < -0.4 is 0 Å². The van der Waals surface area contributed by atoms with Crippen LogP contribution in [0, 0.1) is 23.7 Å². The fourth-order valence-electron chi connectivity index (χ4n) is 11.2. The Morgan fingerprint density at radius 2 is 0.516 bits per heavy atom. The molecule has 0 radical (unpaired) electrons. The van der Waals surface area contributed by atoms with Crippen molar-refractivity contribution in [1.29, 1.82) is 0 Å². The van der Waals surface area contributed by atoms with Crippen molar-refractivity contribution in [1.82, 2.24) is 0 Å². The molecule has 0 saturated carbocycles. The molecular formula is C74H144O17P2. The van der Waals surface area contributed by atoms with Crippen molar-refractivity contribution in [2.24, 2.45) is 23.7 Å². The van der Waals surface area contributed by atoms with E-state index in [2.05, 4.69) is 55.4 Å². The summed E-state index contributed by atoms with van der Waals surface area (Å²) in [5.41, 5.74) is 0. The number of esters is 4. The van der Waals surface area contributed by atoms with Crippen molar-refractivity contribution in [3.8, 4) is 0 Å². The lowest BCUT2D eigenvalue weighted by molar-refractivity contribution is -0.161. The summed E-state index contributed by atoms with van der Waals surface area (Å²) in [7, 11) is -9.91. The summed E-state index contributed by atoms with van der Waals surface area (Å²) < 4.78 is 68.4. The van der Waals surface area contributed by atoms with Crippen LogP contribution in [-0.2, 0) is 65.4 Å². The minimum Gasteiger partial charge on any atom is -0.462 e. The van der Waals surface area contributed by atoms with Crippen LogP contribution in [0.3, 0.4) is 0 Å². The summed E-state index contributed by atoms with van der Waals surface area (Å²) in [6.45, 7) is 14.1. The molecular weight excluding hydrogens is 1220 g/mol. The number of unbranched alkanes of at least 4 members (excludes halogenated alkanes) is 36. The van der Waals surface area contributed by atoms with Gasteiger partial charge in [-0.3, -0.25) is 37.3 Å². The predicted molar refractivity (Wildman–Crippen MR) is 377 cm³/mol. The third-order valence-corrected chi connectivity index (χ3v) is 19.3. The molecule has 6 atom stereocenters. The van der Waals surface area contributed by atoms with Gasteiger partial charge in [-0.05, 0) is 49.4 Å². The van der Waals surface area contributed by atoms with Crippen molar-refractivity contribution < 1.29 is 80.2 Å². The van der Waals surface area contributed by atoms with E-state index in [1.165, 1.54) is 167 Å². The van der Waals surface area contributed by atoms with Gasteiger partial charge in [0.2, 0.25) is 0 Å². The molecule has 0 aromatic heterocycles. The van der Waals surface area contributed by atoms with Gasteiger partial charge in [-0.2, -0.15) is 0 Å². The van der Waals surface area contributed by atoms with Crippen molar-refractivity contribution in [2.75, 3.05) is 39.6 Å². The Bertz CT molecular complexity index is 1840. The first-order chi connectivity index (χ1) is 44.6. The number of aliphatic hydroxyl groups excluding tert-OH is 1. The standard InChI is InChI=1S/C74H144O17P2/c1-9-67(8)53-45-37-28-24-25-31-41-49-57-74(79)91-70(61-85-72(77)55-47-39-33-32-36-44-52-66(6)7)63-89-93(82,83)87-59-68(75)58-86-92(80,81)88-62-69(60-84-71(76)54-46-38-29-22-18-15-14-17-21-27-35-43-51-65(4)5)90-73(78)56-48-40-30-23-19-13-11-10-12-16-20-26-34-42-50-64(2)3/h64-70,75H,9-63H2,1-8H3,(H,80,81)(H,82,83)/t67?,68-,69-,70-/m1/s1. The van der Waals surface area contributed by atoms with Gasteiger partial charge in [0.25, 0.3) is 0 Å². The highest BCUT2D eigenvalue weighted by Gasteiger charge is 2.30. The molecule has 0 aliphatic carbocycles. The van der Waals surface area contributed by atoms with E-state index in [0.29, 0.717) is 31.6 Å². The second kappa shape index (κ2) is 63.5. The van der Waals surface area contributed by atoms with Crippen LogP contribution in [0.25, 0.3) is 0 Å². The molecule has 0 spiro atoms. The van der Waals surface area contributed by atoms with Crippen LogP contribution in [0.1, 0.15) is 370 Å². The minimum atomic E-state index is -4.96. The highest BCUT2D eigenvalue weighted by molar-refractivity contribution is 7.47. The molecule has 19 heteroatoms. The van der Waals surface area contributed by atoms with Gasteiger partial charge in [0, 0.05) is 25.7 Å². The number of carbonyl (C=O) groups is 4. The summed E-state index contributed by atoms with van der Waals surface area (Å²) in [5, 5.41) is 10.6. The van der Waals surface area contributed by atoms with Crippen LogP contribution in [0.15, 0.2) is 0 Å². The Kier molecular flexibility index (Phi) is 62.2. The summed E-state index contributed by atoms with van der Waals surface area (Å²) in [5.74, 6) is 0.900. The van der Waals surface area contributed by atoms with Crippen LogP contribution >= 0.6 is 15.6 Å². The monoisotopic (exact) mass is 1370 g/mol. The first kappa shape index (κ1) is 91.1. The highest BCUT2D eigenvalue weighted by Crippen LogP contribution is 2.45. The molecule has 0 aliphatic heterocycles. The maximum absolute atomic E-state index is 13.1. The van der Waals surface area contributed by atoms with Crippen LogP contribution in [0.5, 0.6) is 0 Å². The van der Waals surface area contributed by atoms with E-state index >= 15 is 0 Å². The molecule has 3 unspecified atom stereocenters. The van der Waals surface area contributed by atoms with Gasteiger partial charge in [0.05, 0.1) is 26.4 Å². The molecule has 0 rings (SSSR count). The number of ether oxygens (including phenoxy) is 4. The molecule has 0 heterocycles. The van der Waals surface area contributed by atoms with Gasteiger partial charge in [-0.1, -0.05) is 319 Å². The topological polar surface area (TPSA) is 237 Å². The first-order valence-corrected chi connectivity index (χ1v) is 41.2. The molecule has 3 N–H and O–H groups in total. The van der Waals surface area contributed by atoms with Crippen LogP contribution in [0.4, 0.5) is 0 Å². The smallest absolute Gasteiger partial charge is 0.462 e. The molecule has 17 nitrogen and oxygen atoms in total. The van der Waals surface area contributed by atoms with Gasteiger partial charge in [-0.15, -0.1) is 0 Å². The first-order valence-electron chi connectivity index (χ1n) is 38.2. The van der Waals surface area contributed by atoms with E-state index in [1.807, 2.05) is 0 Å². The van der Waals surface area contributed by atoms with Crippen molar-refractivity contribution in [3.63, 3.8) is 0 Å². The summed E-state index contributed by atoms with van der Waals surface area (Å²) in [4.78, 5) is 72.7. The molecule has 0 amide bonds. The van der Waals surface area contributed by atoms with Gasteiger partial charge in [0.1, 0.15) is 19.3 Å². The Morgan fingerprint density at radius 3 is 0.763 bits per heavy atom. The Hall–Kier alpha value is -1.94.